The first-order chi connectivity index (χ1) is 7.27. The van der Waals surface area contributed by atoms with E-state index in [0.29, 0.717) is 0 Å². The molecular weight excluding hydrogens is 200 g/mol. The van der Waals surface area contributed by atoms with Gasteiger partial charge in [0.1, 0.15) is 5.75 Å². The van der Waals surface area contributed by atoms with Crippen LogP contribution >= 0.6 is 0 Å². The predicted molar refractivity (Wildman–Crippen MR) is 66.3 cm³/mol. The maximum atomic E-state index is 12.1. The van der Waals surface area contributed by atoms with E-state index in [1.807, 2.05) is 46.8 Å². The molecule has 16 heavy (non-hydrogen) atoms. The minimum absolute atomic E-state index is 0.147. The average Bonchev–Trinajstić information content (AvgIpc) is 2.19. The van der Waals surface area contributed by atoms with Gasteiger partial charge in [0.25, 0.3) is 0 Å². The minimum Gasteiger partial charge on any atom is -0.496 e. The molecule has 0 bridgehead atoms. The number of ether oxygens (including phenoxy) is 1. The Labute approximate surface area is 97.6 Å². The van der Waals surface area contributed by atoms with Crippen LogP contribution in [0.2, 0.25) is 0 Å². The van der Waals surface area contributed by atoms with Gasteiger partial charge in [0.15, 0.2) is 5.78 Å². The van der Waals surface area contributed by atoms with Crippen molar-refractivity contribution in [3.05, 3.63) is 28.8 Å². The van der Waals surface area contributed by atoms with Crippen LogP contribution in [0.5, 0.6) is 5.75 Å². The summed E-state index contributed by atoms with van der Waals surface area (Å²) in [7, 11) is 1.63. The normalized spacial score (nSPS) is 11.4. The molecular formula is C14H20O2. The number of rotatable bonds is 2. The summed E-state index contributed by atoms with van der Waals surface area (Å²) in [6.45, 7) is 9.78. The standard InChI is InChI=1S/C14H20O2/c1-9-7-11(13(15)14(3,4)5)8-12(16-6)10(9)2/h7-8H,1-6H3. The van der Waals surface area contributed by atoms with Crippen molar-refractivity contribution in [3.63, 3.8) is 0 Å². The maximum absolute atomic E-state index is 12.1. The van der Waals surface area contributed by atoms with Crippen molar-refractivity contribution in [2.24, 2.45) is 5.41 Å². The Balaban J connectivity index is 3.27. The zero-order valence-electron chi connectivity index (χ0n) is 11.0. The summed E-state index contributed by atoms with van der Waals surface area (Å²) < 4.78 is 5.28. The summed E-state index contributed by atoms with van der Waals surface area (Å²) in [5.74, 6) is 0.932. The molecule has 0 amide bonds. The fourth-order valence-corrected chi connectivity index (χ4v) is 1.60. The molecule has 0 saturated carbocycles. The van der Waals surface area contributed by atoms with Gasteiger partial charge >= 0.3 is 0 Å². The van der Waals surface area contributed by atoms with Crippen LogP contribution in [0.1, 0.15) is 42.3 Å². The Kier molecular flexibility index (Phi) is 3.41. The number of hydrogen-bond acceptors (Lipinski definition) is 2. The molecule has 0 spiro atoms. The van der Waals surface area contributed by atoms with Crippen LogP contribution in [0.4, 0.5) is 0 Å². The molecule has 0 aliphatic heterocycles. The Morgan fingerprint density at radius 1 is 1.19 bits per heavy atom. The van der Waals surface area contributed by atoms with Crippen LogP contribution in [0, 0.1) is 19.3 Å². The number of hydrogen-bond donors (Lipinski definition) is 0. The van der Waals surface area contributed by atoms with Crippen LogP contribution in [0.3, 0.4) is 0 Å². The fraction of sp³-hybridized carbons (Fsp3) is 0.500. The largest absolute Gasteiger partial charge is 0.496 e. The van der Waals surface area contributed by atoms with Gasteiger partial charge in [-0.1, -0.05) is 20.8 Å². The number of carbonyl (C=O) groups is 1. The molecule has 0 unspecified atom stereocenters. The zero-order chi connectivity index (χ0) is 12.5. The van der Waals surface area contributed by atoms with Gasteiger partial charge in [-0.2, -0.15) is 0 Å². The smallest absolute Gasteiger partial charge is 0.168 e. The SMILES string of the molecule is COc1cc(C(=O)C(C)(C)C)cc(C)c1C. The summed E-state index contributed by atoms with van der Waals surface area (Å²) in [6.07, 6.45) is 0. The van der Waals surface area contributed by atoms with E-state index < -0.39 is 0 Å². The van der Waals surface area contributed by atoms with Crippen molar-refractivity contribution in [1.29, 1.82) is 0 Å². The second-order valence-electron chi connectivity index (χ2n) is 5.20. The van der Waals surface area contributed by atoms with Crippen LogP contribution in [0.15, 0.2) is 12.1 Å². The molecule has 0 N–H and O–H groups in total. The first-order valence-electron chi connectivity index (χ1n) is 5.47. The van der Waals surface area contributed by atoms with Gasteiger partial charge in [0.2, 0.25) is 0 Å². The summed E-state index contributed by atoms with van der Waals surface area (Å²) in [5.41, 5.74) is 2.56. The van der Waals surface area contributed by atoms with Crippen molar-refractivity contribution in [3.8, 4) is 5.75 Å². The van der Waals surface area contributed by atoms with Crippen molar-refractivity contribution < 1.29 is 9.53 Å². The monoisotopic (exact) mass is 220 g/mol. The van der Waals surface area contributed by atoms with Crippen molar-refractivity contribution in [2.75, 3.05) is 7.11 Å². The Morgan fingerprint density at radius 3 is 2.19 bits per heavy atom. The number of methoxy groups -OCH3 is 1. The van der Waals surface area contributed by atoms with Gasteiger partial charge in [-0.15, -0.1) is 0 Å². The highest BCUT2D eigenvalue weighted by Crippen LogP contribution is 2.27. The molecule has 0 fully saturated rings. The van der Waals surface area contributed by atoms with Crippen LogP contribution in [-0.2, 0) is 0 Å². The molecule has 88 valence electrons. The average molecular weight is 220 g/mol. The molecule has 0 heterocycles. The zero-order valence-corrected chi connectivity index (χ0v) is 11.0. The Hall–Kier alpha value is -1.31. The first kappa shape index (κ1) is 12.8. The third kappa shape index (κ3) is 2.43. The van der Waals surface area contributed by atoms with Crippen LogP contribution in [-0.4, -0.2) is 12.9 Å². The first-order valence-corrected chi connectivity index (χ1v) is 5.47. The third-order valence-electron chi connectivity index (χ3n) is 2.78. The van der Waals surface area contributed by atoms with E-state index >= 15 is 0 Å². The highest BCUT2D eigenvalue weighted by molar-refractivity contribution is 6.00. The lowest BCUT2D eigenvalue weighted by Crippen LogP contribution is -2.20. The summed E-state index contributed by atoms with van der Waals surface area (Å²) in [6, 6.07) is 3.77. The van der Waals surface area contributed by atoms with Gasteiger partial charge in [-0.25, -0.2) is 0 Å². The lowest BCUT2D eigenvalue weighted by Gasteiger charge is -2.18. The maximum Gasteiger partial charge on any atom is 0.168 e. The van der Waals surface area contributed by atoms with Crippen molar-refractivity contribution in [2.45, 2.75) is 34.6 Å². The molecule has 0 atom stereocenters. The minimum atomic E-state index is -0.354. The predicted octanol–water partition coefficient (Wildman–Crippen LogP) is 3.54. The van der Waals surface area contributed by atoms with Gasteiger partial charge in [-0.05, 0) is 37.1 Å². The molecule has 0 saturated heterocycles. The third-order valence-corrected chi connectivity index (χ3v) is 2.78. The quantitative estimate of drug-likeness (QED) is 0.712. The molecule has 1 rings (SSSR count). The topological polar surface area (TPSA) is 26.3 Å². The van der Waals surface area contributed by atoms with E-state index in [0.717, 1.165) is 22.4 Å². The molecule has 2 heteroatoms. The summed E-state index contributed by atoms with van der Waals surface area (Å²) >= 11 is 0. The van der Waals surface area contributed by atoms with E-state index in [1.54, 1.807) is 7.11 Å². The number of carbonyl (C=O) groups excluding carboxylic acids is 1. The highest BCUT2D eigenvalue weighted by atomic mass is 16.5. The van der Waals surface area contributed by atoms with Gasteiger partial charge in [-0.3, -0.25) is 4.79 Å². The van der Waals surface area contributed by atoms with E-state index in [4.69, 9.17) is 4.74 Å². The summed E-state index contributed by atoms with van der Waals surface area (Å²) in [5, 5.41) is 0. The molecule has 1 aromatic rings. The number of aryl methyl sites for hydroxylation is 1. The molecule has 1 aromatic carbocycles. The number of Topliss-reactive ketones (excluding diaryl/α,β-unsaturated/α-hetero) is 1. The number of benzene rings is 1. The van der Waals surface area contributed by atoms with Crippen molar-refractivity contribution in [1.82, 2.24) is 0 Å². The molecule has 0 radical (unpaired) electrons. The van der Waals surface area contributed by atoms with E-state index in [-0.39, 0.29) is 11.2 Å². The van der Waals surface area contributed by atoms with Gasteiger partial charge in [0.05, 0.1) is 7.11 Å². The van der Waals surface area contributed by atoms with Gasteiger partial charge < -0.3 is 4.74 Å². The molecule has 0 aromatic heterocycles. The van der Waals surface area contributed by atoms with Crippen LogP contribution in [0.25, 0.3) is 0 Å². The lowest BCUT2D eigenvalue weighted by atomic mass is 9.85. The van der Waals surface area contributed by atoms with Gasteiger partial charge in [0, 0.05) is 11.0 Å². The van der Waals surface area contributed by atoms with Crippen LogP contribution < -0.4 is 4.74 Å². The van der Waals surface area contributed by atoms with Crippen molar-refractivity contribution >= 4 is 5.78 Å². The number of ketones is 1. The molecule has 0 aliphatic carbocycles. The fourth-order valence-electron chi connectivity index (χ4n) is 1.60. The Morgan fingerprint density at radius 2 is 1.75 bits per heavy atom. The summed E-state index contributed by atoms with van der Waals surface area (Å²) in [4.78, 5) is 12.1. The molecule has 2 nitrogen and oxygen atoms in total. The Bertz CT molecular complexity index is 411. The van der Waals surface area contributed by atoms with E-state index in [9.17, 15) is 4.79 Å². The second-order valence-corrected chi connectivity index (χ2v) is 5.20. The lowest BCUT2D eigenvalue weighted by molar-refractivity contribution is 0.0858. The van der Waals surface area contributed by atoms with E-state index in [2.05, 4.69) is 0 Å². The highest BCUT2D eigenvalue weighted by Gasteiger charge is 2.23. The second kappa shape index (κ2) is 4.28. The molecule has 0 aliphatic rings. The van der Waals surface area contributed by atoms with E-state index in [1.165, 1.54) is 0 Å².